The number of carbonyl (C=O) groups excluding carboxylic acids is 2. The average molecular weight is 302 g/mol. The van der Waals surface area contributed by atoms with Crippen molar-refractivity contribution in [2.45, 2.75) is 0 Å². The van der Waals surface area contributed by atoms with Crippen molar-refractivity contribution in [3.8, 4) is 5.75 Å². The molecule has 0 unspecified atom stereocenters. The van der Waals surface area contributed by atoms with E-state index in [-0.39, 0.29) is 18.3 Å². The van der Waals surface area contributed by atoms with Crippen molar-refractivity contribution in [3.05, 3.63) is 24.3 Å². The minimum atomic E-state index is -0.461. The molecule has 1 aromatic carbocycles. The van der Waals surface area contributed by atoms with E-state index in [2.05, 4.69) is 5.32 Å². The van der Waals surface area contributed by atoms with Gasteiger partial charge in [0, 0.05) is 25.8 Å². The van der Waals surface area contributed by atoms with Gasteiger partial charge in [0.25, 0.3) is 0 Å². The van der Waals surface area contributed by atoms with E-state index in [1.54, 1.807) is 43.3 Å². The normalized spacial score (nSPS) is 9.65. The van der Waals surface area contributed by atoms with Gasteiger partial charge in [0.05, 0.1) is 6.54 Å². The number of hydrogen-bond acceptors (Lipinski definition) is 4. The summed E-state index contributed by atoms with van der Waals surface area (Å²) in [7, 11) is 6.83. The second kappa shape index (κ2) is 8.39. The van der Waals surface area contributed by atoms with Gasteiger partial charge in [-0.25, -0.2) is 4.79 Å². The van der Waals surface area contributed by atoms with Crippen molar-refractivity contribution in [1.82, 2.24) is 9.80 Å². The zero-order valence-electron chi connectivity index (χ0n) is 12.0. The first-order valence-electron chi connectivity index (χ1n) is 5.82. The second-order valence-corrected chi connectivity index (χ2v) is 4.58. The van der Waals surface area contributed by atoms with Crippen LogP contribution in [0.25, 0.3) is 0 Å². The number of benzene rings is 1. The standard InChI is InChI=1S/C13H19N3O3.ClH/c1-15(2)9-12(17)14-10-6-5-7-11(8-10)19-13(18)16(3)4;/h5-8H,9H2,1-4H3,(H,14,17);1H. The van der Waals surface area contributed by atoms with Crippen molar-refractivity contribution in [3.63, 3.8) is 0 Å². The number of halogens is 1. The summed E-state index contributed by atoms with van der Waals surface area (Å²) in [6.45, 7) is 0.293. The molecule has 0 aliphatic heterocycles. The summed E-state index contributed by atoms with van der Waals surface area (Å²) >= 11 is 0. The minimum Gasteiger partial charge on any atom is -0.410 e. The maximum absolute atomic E-state index is 11.6. The third-order valence-electron chi connectivity index (χ3n) is 2.15. The summed E-state index contributed by atoms with van der Waals surface area (Å²) in [5.41, 5.74) is 0.593. The number of ether oxygens (including phenoxy) is 1. The smallest absolute Gasteiger partial charge is 0.410 e. The molecule has 0 saturated heterocycles. The Morgan fingerprint density at radius 1 is 1.20 bits per heavy atom. The van der Waals surface area contributed by atoms with Crippen LogP contribution in [0.5, 0.6) is 5.75 Å². The van der Waals surface area contributed by atoms with Crippen LogP contribution < -0.4 is 10.1 Å². The van der Waals surface area contributed by atoms with Crippen LogP contribution in [0.3, 0.4) is 0 Å². The van der Waals surface area contributed by atoms with Gasteiger partial charge in [0.1, 0.15) is 5.75 Å². The fourth-order valence-electron chi connectivity index (χ4n) is 1.32. The SMILES string of the molecule is CN(C)CC(=O)Nc1cccc(OC(=O)N(C)C)c1.Cl. The molecule has 1 aromatic rings. The Bertz CT molecular complexity index is 464. The molecule has 112 valence electrons. The second-order valence-electron chi connectivity index (χ2n) is 4.58. The van der Waals surface area contributed by atoms with E-state index >= 15 is 0 Å². The van der Waals surface area contributed by atoms with Gasteiger partial charge >= 0.3 is 6.09 Å². The topological polar surface area (TPSA) is 61.9 Å². The van der Waals surface area contributed by atoms with Crippen molar-refractivity contribution < 1.29 is 14.3 Å². The largest absolute Gasteiger partial charge is 0.414 e. The minimum absolute atomic E-state index is 0. The zero-order chi connectivity index (χ0) is 14.4. The Morgan fingerprint density at radius 3 is 2.40 bits per heavy atom. The number of amides is 2. The molecule has 0 spiro atoms. The van der Waals surface area contributed by atoms with Crippen LogP contribution in [-0.4, -0.2) is 56.5 Å². The van der Waals surface area contributed by atoms with Crippen LogP contribution in [0.2, 0.25) is 0 Å². The van der Waals surface area contributed by atoms with Crippen LogP contribution in [0, 0.1) is 0 Å². The lowest BCUT2D eigenvalue weighted by molar-refractivity contribution is -0.116. The lowest BCUT2D eigenvalue weighted by Gasteiger charge is -2.12. The van der Waals surface area contributed by atoms with E-state index < -0.39 is 6.09 Å². The van der Waals surface area contributed by atoms with Gasteiger partial charge in [-0.05, 0) is 26.2 Å². The number of rotatable bonds is 4. The Morgan fingerprint density at radius 2 is 1.85 bits per heavy atom. The van der Waals surface area contributed by atoms with Gasteiger partial charge in [-0.15, -0.1) is 12.4 Å². The molecule has 7 heteroatoms. The van der Waals surface area contributed by atoms with Crippen LogP contribution in [0.1, 0.15) is 0 Å². The van der Waals surface area contributed by atoms with Gasteiger partial charge in [0.2, 0.25) is 5.91 Å². The van der Waals surface area contributed by atoms with Gasteiger partial charge in [0.15, 0.2) is 0 Å². The molecule has 6 nitrogen and oxygen atoms in total. The van der Waals surface area contributed by atoms with E-state index in [0.717, 1.165) is 0 Å². The molecule has 1 rings (SSSR count). The first-order chi connectivity index (χ1) is 8.88. The zero-order valence-corrected chi connectivity index (χ0v) is 12.9. The third-order valence-corrected chi connectivity index (χ3v) is 2.15. The predicted molar refractivity (Wildman–Crippen MR) is 80.6 cm³/mol. The Hall–Kier alpha value is -1.79. The number of nitrogens with zero attached hydrogens (tertiary/aromatic N) is 2. The van der Waals surface area contributed by atoms with Gasteiger partial charge in [-0.2, -0.15) is 0 Å². The maximum Gasteiger partial charge on any atom is 0.414 e. The summed E-state index contributed by atoms with van der Waals surface area (Å²) in [5.74, 6) is 0.266. The summed E-state index contributed by atoms with van der Waals surface area (Å²) < 4.78 is 5.10. The predicted octanol–water partition coefficient (Wildman–Crippen LogP) is 1.67. The first kappa shape index (κ1) is 18.2. The monoisotopic (exact) mass is 301 g/mol. The molecule has 0 aliphatic carbocycles. The summed E-state index contributed by atoms with van der Waals surface area (Å²) in [5, 5.41) is 2.73. The molecular weight excluding hydrogens is 282 g/mol. The molecule has 0 aromatic heterocycles. The van der Waals surface area contributed by atoms with Crippen molar-refractivity contribution in [2.75, 3.05) is 40.1 Å². The van der Waals surface area contributed by atoms with E-state index in [9.17, 15) is 9.59 Å². The quantitative estimate of drug-likeness (QED) is 0.919. The highest BCUT2D eigenvalue weighted by molar-refractivity contribution is 5.92. The first-order valence-corrected chi connectivity index (χ1v) is 5.82. The molecule has 0 saturated carbocycles. The fourth-order valence-corrected chi connectivity index (χ4v) is 1.32. The highest BCUT2D eigenvalue weighted by Crippen LogP contribution is 2.17. The maximum atomic E-state index is 11.6. The van der Waals surface area contributed by atoms with E-state index in [1.165, 1.54) is 4.90 Å². The van der Waals surface area contributed by atoms with E-state index in [0.29, 0.717) is 18.0 Å². The molecule has 0 radical (unpaired) electrons. The molecule has 0 fully saturated rings. The van der Waals surface area contributed by atoms with Gasteiger partial charge in [-0.1, -0.05) is 6.07 Å². The molecule has 0 aliphatic rings. The van der Waals surface area contributed by atoms with Crippen molar-refractivity contribution in [1.29, 1.82) is 0 Å². The van der Waals surface area contributed by atoms with Gasteiger partial charge < -0.3 is 19.9 Å². The molecule has 20 heavy (non-hydrogen) atoms. The van der Waals surface area contributed by atoms with E-state index in [4.69, 9.17) is 4.74 Å². The molecule has 0 atom stereocenters. The van der Waals surface area contributed by atoms with Crippen molar-refractivity contribution >= 4 is 30.1 Å². The van der Waals surface area contributed by atoms with Crippen molar-refractivity contribution in [2.24, 2.45) is 0 Å². The molecule has 0 bridgehead atoms. The number of hydrogen-bond donors (Lipinski definition) is 1. The summed E-state index contributed by atoms with van der Waals surface area (Å²) in [6.07, 6.45) is -0.461. The Balaban J connectivity index is 0.00000361. The molecule has 2 amide bonds. The lowest BCUT2D eigenvalue weighted by atomic mass is 10.3. The fraction of sp³-hybridized carbons (Fsp3) is 0.385. The summed E-state index contributed by atoms with van der Waals surface area (Å²) in [6, 6.07) is 6.71. The van der Waals surface area contributed by atoms with Crippen LogP contribution in [0.15, 0.2) is 24.3 Å². The third kappa shape index (κ3) is 6.40. The Kier molecular flexibility index (Phi) is 7.64. The molecule has 1 N–H and O–H groups in total. The lowest BCUT2D eigenvalue weighted by Crippen LogP contribution is -2.27. The average Bonchev–Trinajstić information content (AvgIpc) is 2.27. The molecular formula is C13H20ClN3O3. The number of anilines is 1. The highest BCUT2D eigenvalue weighted by atomic mass is 35.5. The highest BCUT2D eigenvalue weighted by Gasteiger charge is 2.08. The Labute approximate surface area is 125 Å². The van der Waals surface area contributed by atoms with Crippen LogP contribution in [0.4, 0.5) is 10.5 Å². The molecule has 0 heterocycles. The van der Waals surface area contributed by atoms with Crippen LogP contribution in [-0.2, 0) is 4.79 Å². The van der Waals surface area contributed by atoms with E-state index in [1.807, 2.05) is 14.1 Å². The number of likely N-dealkylation sites (N-methyl/N-ethyl adjacent to an activating group) is 1. The number of carbonyl (C=O) groups is 2. The van der Waals surface area contributed by atoms with Gasteiger partial charge in [-0.3, -0.25) is 4.79 Å². The van der Waals surface area contributed by atoms with Crippen LogP contribution >= 0.6 is 12.4 Å². The summed E-state index contributed by atoms with van der Waals surface area (Å²) in [4.78, 5) is 26.1. The number of nitrogens with one attached hydrogen (secondary N) is 1.